The lowest BCUT2D eigenvalue weighted by atomic mass is 10.2. The molecule has 0 heterocycles. The smallest absolute Gasteiger partial charge is 0.405 e. The van der Waals surface area contributed by atoms with Gasteiger partial charge in [-0.05, 0) is 179 Å². The number of benzene rings is 3. The minimum absolute atomic E-state index is 0.197. The highest BCUT2D eigenvalue weighted by molar-refractivity contribution is 14.1. The van der Waals surface area contributed by atoms with Crippen molar-refractivity contribution in [2.24, 2.45) is 0 Å². The summed E-state index contributed by atoms with van der Waals surface area (Å²) in [6.45, 7) is 0.567. The molecular weight excluding hydrogens is 1260 g/mol. The van der Waals surface area contributed by atoms with Gasteiger partial charge in [-0.25, -0.2) is 14.4 Å². The van der Waals surface area contributed by atoms with Crippen LogP contribution in [0.25, 0.3) is 0 Å². The Kier molecular flexibility index (Phi) is 12.9. The number of hydrogen-bond donors (Lipinski definition) is 1. The van der Waals surface area contributed by atoms with E-state index in [1.807, 2.05) is 148 Å². The molecule has 0 spiro atoms. The maximum atomic E-state index is 14.0. The second-order valence-corrected chi connectivity index (χ2v) is 16.5. The second-order valence-electron chi connectivity index (χ2n) is 8.05. The van der Waals surface area contributed by atoms with Crippen LogP contribution in [-0.2, 0) is 14.9 Å². The lowest BCUT2D eigenvalue weighted by molar-refractivity contribution is -0.0550. The van der Waals surface area contributed by atoms with E-state index < -0.39 is 44.9 Å². The van der Waals surface area contributed by atoms with Crippen molar-refractivity contribution in [3.8, 4) is 11.5 Å². The third-order valence-corrected chi connectivity index (χ3v) is 13.4. The van der Waals surface area contributed by atoms with Gasteiger partial charge in [-0.3, -0.25) is 4.55 Å². The van der Waals surface area contributed by atoms with Crippen LogP contribution in [0.1, 0.15) is 38.0 Å². The Morgan fingerprint density at radius 3 is 1.52 bits per heavy atom. The number of hydrogen-bond acceptors (Lipinski definition) is 8. The molecule has 224 valence electrons. The van der Waals surface area contributed by atoms with Crippen molar-refractivity contribution < 1.29 is 50.3 Å². The zero-order valence-corrected chi connectivity index (χ0v) is 34.0. The molecule has 1 N–H and O–H groups in total. The van der Waals surface area contributed by atoms with Crippen molar-refractivity contribution >= 4 is 164 Å². The SMILES string of the molecule is CC(OC(=O)c1cc(OC(=O)c2cc(I)cc(I)c2I)cc(OC(=O)c2cc(I)cc(I)c2I)c1)C(F)(F)S(=O)(=O)O. The first-order chi connectivity index (χ1) is 19.3. The van der Waals surface area contributed by atoms with Crippen LogP contribution >= 0.6 is 136 Å². The molecule has 0 aromatic heterocycles. The van der Waals surface area contributed by atoms with Gasteiger partial charge < -0.3 is 14.2 Å². The van der Waals surface area contributed by atoms with Gasteiger partial charge in [0.1, 0.15) is 11.5 Å². The molecule has 0 amide bonds. The first-order valence-electron chi connectivity index (χ1n) is 10.8. The summed E-state index contributed by atoms with van der Waals surface area (Å²) in [6.07, 6.45) is -2.61. The Labute approximate surface area is 319 Å². The van der Waals surface area contributed by atoms with Crippen LogP contribution in [0.4, 0.5) is 8.78 Å². The van der Waals surface area contributed by atoms with E-state index in [2.05, 4.69) is 4.74 Å². The molecule has 0 radical (unpaired) electrons. The summed E-state index contributed by atoms with van der Waals surface area (Å²) < 4.78 is 78.8. The Morgan fingerprint density at radius 2 is 1.14 bits per heavy atom. The fourth-order valence-electron chi connectivity index (χ4n) is 3.05. The topological polar surface area (TPSA) is 133 Å². The maximum Gasteiger partial charge on any atom is 0.405 e. The van der Waals surface area contributed by atoms with Gasteiger partial charge in [-0.2, -0.15) is 17.2 Å². The maximum absolute atomic E-state index is 14.0. The lowest BCUT2D eigenvalue weighted by Gasteiger charge is -2.21. The highest BCUT2D eigenvalue weighted by Crippen LogP contribution is 2.31. The van der Waals surface area contributed by atoms with Gasteiger partial charge in [0.15, 0.2) is 6.10 Å². The van der Waals surface area contributed by atoms with E-state index in [0.29, 0.717) is 14.1 Å². The molecule has 0 aliphatic carbocycles. The van der Waals surface area contributed by atoms with Crippen molar-refractivity contribution in [2.45, 2.75) is 18.3 Å². The van der Waals surface area contributed by atoms with Crippen molar-refractivity contribution in [1.82, 2.24) is 0 Å². The van der Waals surface area contributed by atoms with Crippen molar-refractivity contribution in [2.75, 3.05) is 0 Å². The number of ether oxygens (including phenoxy) is 3. The fourth-order valence-corrected chi connectivity index (χ4v) is 8.27. The van der Waals surface area contributed by atoms with E-state index in [-0.39, 0.29) is 22.6 Å². The summed E-state index contributed by atoms with van der Waals surface area (Å²) in [5, 5.41) is -4.82. The Balaban J connectivity index is 2.03. The molecule has 0 saturated heterocycles. The minimum atomic E-state index is -5.91. The number of esters is 3. The van der Waals surface area contributed by atoms with Crippen LogP contribution in [0, 0.1) is 21.4 Å². The van der Waals surface area contributed by atoms with Gasteiger partial charge >= 0.3 is 33.3 Å². The largest absolute Gasteiger partial charge is 0.451 e. The fraction of sp³-hybridized carbons (Fsp3) is 0.125. The van der Waals surface area contributed by atoms with Gasteiger partial charge in [-0.15, -0.1) is 0 Å². The molecule has 1 atom stereocenters. The van der Waals surface area contributed by atoms with Gasteiger partial charge in [0.05, 0.1) is 16.7 Å². The Bertz CT molecular complexity index is 1630. The number of carbonyl (C=O) groups excluding carboxylic acids is 3. The number of alkyl halides is 2. The number of halogens is 8. The molecule has 18 heteroatoms. The first kappa shape index (κ1) is 36.7. The van der Waals surface area contributed by atoms with Gasteiger partial charge in [0.25, 0.3) is 0 Å². The van der Waals surface area contributed by atoms with Crippen LogP contribution in [0.2, 0.25) is 0 Å². The van der Waals surface area contributed by atoms with E-state index in [0.717, 1.165) is 32.5 Å². The summed E-state index contributed by atoms with van der Waals surface area (Å²) >= 11 is 12.1. The normalized spacial score (nSPS) is 12.4. The molecule has 0 aliphatic heterocycles. The number of carbonyl (C=O) groups is 3. The van der Waals surface area contributed by atoms with Gasteiger partial charge in [-0.1, -0.05) is 0 Å². The third-order valence-electron chi connectivity index (χ3n) is 5.06. The highest BCUT2D eigenvalue weighted by atomic mass is 127. The van der Waals surface area contributed by atoms with Crippen LogP contribution in [0.3, 0.4) is 0 Å². The summed E-state index contributed by atoms with van der Waals surface area (Å²) in [4.78, 5) is 38.9. The minimum Gasteiger partial charge on any atom is -0.451 e. The molecular formula is C24H12F2I6O9S. The average molecular weight is 1280 g/mol. The third kappa shape index (κ3) is 8.93. The van der Waals surface area contributed by atoms with Gasteiger partial charge in [0, 0.05) is 27.5 Å². The van der Waals surface area contributed by atoms with Crippen molar-refractivity contribution in [3.63, 3.8) is 0 Å². The molecule has 3 rings (SSSR count). The summed E-state index contributed by atoms with van der Waals surface area (Å²) in [6, 6.07) is 9.91. The molecule has 3 aromatic rings. The second kappa shape index (κ2) is 14.8. The number of rotatable bonds is 8. The Morgan fingerprint density at radius 1 is 0.738 bits per heavy atom. The molecule has 3 aromatic carbocycles. The molecule has 42 heavy (non-hydrogen) atoms. The van der Waals surface area contributed by atoms with E-state index in [9.17, 15) is 31.6 Å². The first-order valence-corrected chi connectivity index (χ1v) is 18.7. The molecule has 0 bridgehead atoms. The zero-order chi connectivity index (χ0) is 31.7. The Hall–Kier alpha value is 0.220. The van der Waals surface area contributed by atoms with Gasteiger partial charge in [0.2, 0.25) is 0 Å². The van der Waals surface area contributed by atoms with Crippen molar-refractivity contribution in [1.29, 1.82) is 0 Å². The average Bonchev–Trinajstić information content (AvgIpc) is 2.87. The van der Waals surface area contributed by atoms with Crippen LogP contribution in [-0.4, -0.2) is 42.2 Å². The molecule has 9 nitrogen and oxygen atoms in total. The predicted octanol–water partition coefficient (Wildman–Crippen LogP) is 7.78. The zero-order valence-electron chi connectivity index (χ0n) is 20.3. The molecule has 0 saturated carbocycles. The van der Waals surface area contributed by atoms with E-state index in [1.165, 1.54) is 0 Å². The summed E-state index contributed by atoms with van der Waals surface area (Å²) in [5.74, 6) is -3.73. The van der Waals surface area contributed by atoms with Crippen LogP contribution in [0.15, 0.2) is 42.5 Å². The van der Waals surface area contributed by atoms with E-state index in [4.69, 9.17) is 14.0 Å². The molecule has 0 fully saturated rings. The standard InChI is InChI=1S/C24H12F2I6O9S/c1-9(24(25,26)42(36,37)38)39-21(33)10-2-13(40-22(34)15-4-11(27)6-17(29)19(15)31)8-14(3-10)41-23(35)16-5-12(28)7-18(30)20(16)32/h2-9H,1H3,(H,36,37,38). The van der Waals surface area contributed by atoms with Crippen LogP contribution in [0.5, 0.6) is 11.5 Å². The van der Waals surface area contributed by atoms with Crippen LogP contribution < -0.4 is 9.47 Å². The van der Waals surface area contributed by atoms with E-state index in [1.54, 1.807) is 12.1 Å². The molecule has 1 unspecified atom stereocenters. The summed E-state index contributed by atoms with van der Waals surface area (Å²) in [7, 11) is -5.91. The highest BCUT2D eigenvalue weighted by Gasteiger charge is 2.52. The lowest BCUT2D eigenvalue weighted by Crippen LogP contribution is -2.42. The summed E-state index contributed by atoms with van der Waals surface area (Å²) in [5.41, 5.74) is -0.120. The monoisotopic (exact) mass is 1280 g/mol. The van der Waals surface area contributed by atoms with E-state index >= 15 is 0 Å². The predicted molar refractivity (Wildman–Crippen MR) is 197 cm³/mol. The van der Waals surface area contributed by atoms with Crippen molar-refractivity contribution in [3.05, 3.63) is 80.6 Å². The quantitative estimate of drug-likeness (QED) is 0.0790. The molecule has 0 aliphatic rings.